The molecule has 0 saturated carbocycles. The summed E-state index contributed by atoms with van der Waals surface area (Å²) in [5.74, 6) is 1.81. The Balaban J connectivity index is 1.87. The lowest BCUT2D eigenvalue weighted by Gasteiger charge is -2.17. The summed E-state index contributed by atoms with van der Waals surface area (Å²) < 4.78 is 5.27. The van der Waals surface area contributed by atoms with Crippen LogP contribution in [0.5, 0.6) is 0 Å². The monoisotopic (exact) mass is 345 g/mol. The number of aliphatic imine (C=N–C) groups is 1. The van der Waals surface area contributed by atoms with E-state index in [4.69, 9.17) is 4.52 Å². The number of nitrogens with zero attached hydrogens (tertiary/aromatic N) is 3. The number of rotatable bonds is 6. The number of benzene rings is 1. The van der Waals surface area contributed by atoms with Crippen LogP contribution in [-0.4, -0.2) is 41.4 Å². The minimum atomic E-state index is -0.171. The Bertz CT molecular complexity index is 676. The van der Waals surface area contributed by atoms with E-state index >= 15 is 0 Å². The highest BCUT2D eigenvalue weighted by Crippen LogP contribution is 2.19. The van der Waals surface area contributed by atoms with Gasteiger partial charge in [-0.2, -0.15) is 4.98 Å². The second kappa shape index (κ2) is 8.62. The number of nitrogens with one attached hydrogen (secondary N) is 2. The molecule has 1 atom stereocenters. The van der Waals surface area contributed by atoms with Crippen LogP contribution in [0.25, 0.3) is 0 Å². The molecule has 1 unspecified atom stereocenters. The fourth-order valence-electron chi connectivity index (χ4n) is 2.25. The van der Waals surface area contributed by atoms with E-state index in [1.165, 1.54) is 0 Å². The first-order chi connectivity index (χ1) is 11.9. The zero-order valence-electron chi connectivity index (χ0n) is 15.3. The molecule has 7 heteroatoms. The zero-order chi connectivity index (χ0) is 18.3. The molecule has 1 heterocycles. The van der Waals surface area contributed by atoms with Gasteiger partial charge >= 0.3 is 0 Å². The molecule has 0 spiro atoms. The fourth-order valence-corrected chi connectivity index (χ4v) is 2.25. The maximum absolute atomic E-state index is 9.62. The molecule has 3 N–H and O–H groups in total. The van der Waals surface area contributed by atoms with Crippen molar-refractivity contribution in [3.8, 4) is 0 Å². The predicted molar refractivity (Wildman–Crippen MR) is 97.5 cm³/mol. The average Bonchev–Trinajstić information content (AvgIpc) is 3.08. The summed E-state index contributed by atoms with van der Waals surface area (Å²) in [5, 5.41) is 20.0. The van der Waals surface area contributed by atoms with Crippen LogP contribution in [0.1, 0.15) is 44.0 Å². The van der Waals surface area contributed by atoms with Gasteiger partial charge in [-0.15, -0.1) is 0 Å². The van der Waals surface area contributed by atoms with Gasteiger partial charge in [-0.1, -0.05) is 56.3 Å². The van der Waals surface area contributed by atoms with Gasteiger partial charge in [0, 0.05) is 24.9 Å². The maximum Gasteiger partial charge on any atom is 0.232 e. The lowest BCUT2D eigenvalue weighted by Crippen LogP contribution is -2.39. The molecule has 7 nitrogen and oxygen atoms in total. The Labute approximate surface area is 148 Å². The number of aliphatic hydroxyl groups is 1. The van der Waals surface area contributed by atoms with Crippen molar-refractivity contribution in [2.75, 3.05) is 20.2 Å². The molecule has 0 saturated heterocycles. The molecule has 2 aromatic rings. The van der Waals surface area contributed by atoms with Gasteiger partial charge in [0.2, 0.25) is 5.89 Å². The molecule has 1 aromatic heterocycles. The van der Waals surface area contributed by atoms with E-state index < -0.39 is 0 Å². The minimum Gasteiger partial charge on any atom is -0.396 e. The lowest BCUT2D eigenvalue weighted by molar-refractivity contribution is 0.265. The highest BCUT2D eigenvalue weighted by molar-refractivity contribution is 5.79. The molecule has 1 aromatic carbocycles. The van der Waals surface area contributed by atoms with Crippen molar-refractivity contribution >= 4 is 5.96 Å². The van der Waals surface area contributed by atoms with E-state index in [9.17, 15) is 5.11 Å². The van der Waals surface area contributed by atoms with Crippen LogP contribution in [-0.2, 0) is 12.0 Å². The molecule has 0 aliphatic rings. The first kappa shape index (κ1) is 18.9. The summed E-state index contributed by atoms with van der Waals surface area (Å²) in [7, 11) is 1.70. The molecule has 136 valence electrons. The molecule has 2 rings (SSSR count). The number of guanidine groups is 1. The third-order valence-electron chi connectivity index (χ3n) is 3.75. The van der Waals surface area contributed by atoms with Crippen molar-refractivity contribution in [2.45, 2.75) is 38.6 Å². The molecular weight excluding hydrogens is 318 g/mol. The van der Waals surface area contributed by atoms with Crippen molar-refractivity contribution in [2.24, 2.45) is 4.99 Å². The van der Waals surface area contributed by atoms with Crippen molar-refractivity contribution in [1.82, 2.24) is 20.8 Å². The Morgan fingerprint density at radius 3 is 2.52 bits per heavy atom. The second-order valence-electron chi connectivity index (χ2n) is 6.86. The molecule has 0 aliphatic heterocycles. The van der Waals surface area contributed by atoms with Crippen molar-refractivity contribution in [1.29, 1.82) is 0 Å². The number of hydrogen-bond donors (Lipinski definition) is 3. The topological polar surface area (TPSA) is 95.6 Å². The van der Waals surface area contributed by atoms with Crippen LogP contribution in [0.15, 0.2) is 39.8 Å². The van der Waals surface area contributed by atoms with Crippen LogP contribution in [0, 0.1) is 0 Å². The minimum absolute atomic E-state index is 0.00239. The van der Waals surface area contributed by atoms with Gasteiger partial charge in [0.15, 0.2) is 11.8 Å². The molecular formula is C18H27N5O2. The normalized spacial score (nSPS) is 13.6. The Hall–Kier alpha value is -2.41. The third kappa shape index (κ3) is 5.56. The van der Waals surface area contributed by atoms with E-state index in [-0.39, 0.29) is 17.9 Å². The molecule has 0 aliphatic carbocycles. The van der Waals surface area contributed by atoms with E-state index in [1.54, 1.807) is 7.05 Å². The lowest BCUT2D eigenvalue weighted by atomic mass is 9.97. The van der Waals surface area contributed by atoms with E-state index in [2.05, 4.69) is 25.8 Å². The molecule has 25 heavy (non-hydrogen) atoms. The van der Waals surface area contributed by atoms with E-state index in [0.717, 1.165) is 5.56 Å². The molecule has 0 fully saturated rings. The Morgan fingerprint density at radius 2 is 1.96 bits per heavy atom. The number of aromatic nitrogens is 2. The largest absolute Gasteiger partial charge is 0.396 e. The fraction of sp³-hybridized carbons (Fsp3) is 0.500. The number of hydrogen-bond acceptors (Lipinski definition) is 5. The summed E-state index contributed by atoms with van der Waals surface area (Å²) in [4.78, 5) is 8.57. The highest BCUT2D eigenvalue weighted by Gasteiger charge is 2.21. The van der Waals surface area contributed by atoms with E-state index in [0.29, 0.717) is 30.8 Å². The van der Waals surface area contributed by atoms with Crippen LogP contribution in [0.2, 0.25) is 0 Å². The van der Waals surface area contributed by atoms with Gasteiger partial charge in [-0.25, -0.2) is 0 Å². The second-order valence-corrected chi connectivity index (χ2v) is 6.86. The summed E-state index contributed by atoms with van der Waals surface area (Å²) in [6.45, 7) is 7.12. The van der Waals surface area contributed by atoms with Crippen LogP contribution in [0.4, 0.5) is 0 Å². The highest BCUT2D eigenvalue weighted by atomic mass is 16.5. The van der Waals surface area contributed by atoms with Crippen molar-refractivity contribution < 1.29 is 9.63 Å². The Morgan fingerprint density at radius 1 is 1.24 bits per heavy atom. The summed E-state index contributed by atoms with van der Waals surface area (Å²) in [6.07, 6.45) is 0. The van der Waals surface area contributed by atoms with Crippen molar-refractivity contribution in [3.63, 3.8) is 0 Å². The average molecular weight is 345 g/mol. The third-order valence-corrected chi connectivity index (χ3v) is 3.75. The van der Waals surface area contributed by atoms with E-state index in [1.807, 2.05) is 51.1 Å². The van der Waals surface area contributed by atoms with Gasteiger partial charge in [0.25, 0.3) is 0 Å². The Kier molecular flexibility index (Phi) is 6.52. The molecule has 0 radical (unpaired) electrons. The zero-order valence-corrected chi connectivity index (χ0v) is 15.3. The smallest absolute Gasteiger partial charge is 0.232 e. The first-order valence-electron chi connectivity index (χ1n) is 8.37. The van der Waals surface area contributed by atoms with Gasteiger partial charge in [-0.3, -0.25) is 4.99 Å². The van der Waals surface area contributed by atoms with Gasteiger partial charge < -0.3 is 20.3 Å². The SMILES string of the molecule is CN=C(NCc1noc(C(C)(C)C)n1)NCC(CO)c1ccccc1. The maximum atomic E-state index is 9.62. The summed E-state index contributed by atoms with van der Waals surface area (Å²) in [5.41, 5.74) is 0.913. The summed E-state index contributed by atoms with van der Waals surface area (Å²) >= 11 is 0. The van der Waals surface area contributed by atoms with Gasteiger partial charge in [0.05, 0.1) is 13.2 Å². The quantitative estimate of drug-likeness (QED) is 0.546. The van der Waals surface area contributed by atoms with Gasteiger partial charge in [0.1, 0.15) is 0 Å². The van der Waals surface area contributed by atoms with Crippen LogP contribution in [0.3, 0.4) is 0 Å². The molecule has 0 bridgehead atoms. The molecule has 0 amide bonds. The van der Waals surface area contributed by atoms with Crippen molar-refractivity contribution in [3.05, 3.63) is 47.6 Å². The van der Waals surface area contributed by atoms with Gasteiger partial charge in [-0.05, 0) is 5.56 Å². The standard InChI is InChI=1S/C18H27N5O2/c1-18(2,3)16-22-15(23-25-16)11-21-17(19-4)20-10-14(12-24)13-8-6-5-7-9-13/h5-9,14,24H,10-12H2,1-4H3,(H2,19,20,21). The predicted octanol–water partition coefficient (Wildman–Crippen LogP) is 1.81. The van der Waals surface area contributed by atoms with Crippen LogP contribution < -0.4 is 10.6 Å². The first-order valence-corrected chi connectivity index (χ1v) is 8.37. The van der Waals surface area contributed by atoms with Crippen LogP contribution >= 0.6 is 0 Å². The summed E-state index contributed by atoms with van der Waals surface area (Å²) in [6, 6.07) is 9.91. The number of aliphatic hydroxyl groups excluding tert-OH is 1.